The number of hydrogen-bond donors (Lipinski definition) is 2. The summed E-state index contributed by atoms with van der Waals surface area (Å²) >= 11 is 0. The molecule has 6 nitrogen and oxygen atoms in total. The Hall–Kier alpha value is -2.84. The van der Waals surface area contributed by atoms with E-state index in [1.54, 1.807) is 72.8 Å². The quantitative estimate of drug-likeness (QED) is 0.530. The van der Waals surface area contributed by atoms with Crippen LogP contribution in [0.15, 0.2) is 82.6 Å². The van der Waals surface area contributed by atoms with Crippen molar-refractivity contribution in [1.82, 2.24) is 0 Å². The van der Waals surface area contributed by atoms with Crippen LogP contribution in [0, 0.1) is 0 Å². The summed E-state index contributed by atoms with van der Waals surface area (Å²) in [6, 6.07) is 19.9. The maximum Gasteiger partial charge on any atom is 0.261 e. The van der Waals surface area contributed by atoms with Gasteiger partial charge >= 0.3 is 0 Å². The number of anilines is 2. The van der Waals surface area contributed by atoms with Crippen LogP contribution in [0.1, 0.15) is 48.6 Å². The van der Waals surface area contributed by atoms with Crippen LogP contribution < -0.4 is 9.44 Å². The fourth-order valence-electron chi connectivity index (χ4n) is 4.97. The highest BCUT2D eigenvalue weighted by Gasteiger charge is 2.37. The summed E-state index contributed by atoms with van der Waals surface area (Å²) < 4.78 is 57.4. The van der Waals surface area contributed by atoms with Gasteiger partial charge in [-0.3, -0.25) is 9.44 Å². The molecule has 1 fully saturated rings. The van der Waals surface area contributed by atoms with Crippen LogP contribution in [0.25, 0.3) is 0 Å². The lowest BCUT2D eigenvalue weighted by atomic mass is 9.66. The molecular weight excluding hydrogens is 444 g/mol. The summed E-state index contributed by atoms with van der Waals surface area (Å²) in [5.74, 6) is 0.425. The van der Waals surface area contributed by atoms with Gasteiger partial charge in [0.05, 0.1) is 21.2 Å². The summed E-state index contributed by atoms with van der Waals surface area (Å²) in [5.41, 5.74) is 2.95. The molecule has 2 bridgehead atoms. The molecule has 0 aliphatic heterocycles. The molecule has 0 radical (unpaired) electrons. The lowest BCUT2D eigenvalue weighted by Gasteiger charge is -2.40. The van der Waals surface area contributed by atoms with Crippen molar-refractivity contribution < 1.29 is 16.8 Å². The fraction of sp³-hybridized carbons (Fsp3) is 0.250. The third-order valence-electron chi connectivity index (χ3n) is 6.43. The minimum absolute atomic E-state index is 0.198. The van der Waals surface area contributed by atoms with Crippen LogP contribution in [0.4, 0.5) is 11.4 Å². The summed E-state index contributed by atoms with van der Waals surface area (Å²) in [7, 11) is -7.49. The third kappa shape index (κ3) is 3.78. The molecule has 0 atom stereocenters. The fourth-order valence-corrected chi connectivity index (χ4v) is 7.17. The molecule has 8 heteroatoms. The molecule has 6 rings (SSSR count). The van der Waals surface area contributed by atoms with Gasteiger partial charge in [-0.25, -0.2) is 16.8 Å². The molecule has 0 spiro atoms. The van der Waals surface area contributed by atoms with E-state index in [0.717, 1.165) is 36.8 Å². The van der Waals surface area contributed by atoms with Gasteiger partial charge in [0.1, 0.15) is 0 Å². The minimum atomic E-state index is -3.74. The Morgan fingerprint density at radius 2 is 0.875 bits per heavy atom. The highest BCUT2D eigenvalue weighted by atomic mass is 32.2. The van der Waals surface area contributed by atoms with Crippen molar-refractivity contribution in [2.24, 2.45) is 0 Å². The second kappa shape index (κ2) is 7.94. The largest absolute Gasteiger partial charge is 0.279 e. The van der Waals surface area contributed by atoms with Crippen molar-refractivity contribution in [3.05, 3.63) is 83.9 Å². The van der Waals surface area contributed by atoms with Crippen molar-refractivity contribution in [1.29, 1.82) is 0 Å². The molecule has 0 unspecified atom stereocenters. The molecule has 166 valence electrons. The Labute approximate surface area is 188 Å². The topological polar surface area (TPSA) is 92.3 Å². The molecule has 3 aliphatic carbocycles. The lowest BCUT2D eigenvalue weighted by Crippen LogP contribution is -2.26. The lowest BCUT2D eigenvalue weighted by molar-refractivity contribution is 0.361. The first kappa shape index (κ1) is 21.0. The van der Waals surface area contributed by atoms with E-state index >= 15 is 0 Å². The molecule has 0 saturated heterocycles. The van der Waals surface area contributed by atoms with E-state index in [-0.39, 0.29) is 21.6 Å². The van der Waals surface area contributed by atoms with Crippen LogP contribution in [-0.4, -0.2) is 16.8 Å². The third-order valence-corrected chi connectivity index (χ3v) is 9.19. The zero-order valence-electron chi connectivity index (χ0n) is 17.4. The van der Waals surface area contributed by atoms with Gasteiger partial charge in [0.2, 0.25) is 0 Å². The van der Waals surface area contributed by atoms with Crippen molar-refractivity contribution in [3.63, 3.8) is 0 Å². The van der Waals surface area contributed by atoms with Gasteiger partial charge in [0, 0.05) is 0 Å². The first-order valence-corrected chi connectivity index (χ1v) is 13.6. The van der Waals surface area contributed by atoms with E-state index in [9.17, 15) is 16.8 Å². The maximum absolute atomic E-state index is 13.0. The summed E-state index contributed by atoms with van der Waals surface area (Å²) in [6.45, 7) is 0. The molecule has 3 aliphatic rings. The number of fused-ring (bicyclic) bond motifs is 2. The number of benzene rings is 3. The van der Waals surface area contributed by atoms with E-state index in [1.165, 1.54) is 0 Å². The Morgan fingerprint density at radius 1 is 0.531 bits per heavy atom. The van der Waals surface area contributed by atoms with Gasteiger partial charge in [0.15, 0.2) is 0 Å². The molecule has 3 aromatic rings. The number of hydrogen-bond acceptors (Lipinski definition) is 4. The molecule has 32 heavy (non-hydrogen) atoms. The highest BCUT2D eigenvalue weighted by molar-refractivity contribution is 7.93. The standard InChI is InChI=1S/C24H24N2O4S2/c27-31(28,19-7-3-1-4-8-19)25-21-15-16-22(24-18-13-11-17(12-14-18)23(21)24)26-32(29,30)20-9-5-2-6-10-20/h1-10,15-18,25-26H,11-14H2. The summed E-state index contributed by atoms with van der Waals surface area (Å²) in [4.78, 5) is 0.396. The normalized spacial score (nSPS) is 19.9. The average Bonchev–Trinajstić information content (AvgIpc) is 2.82. The van der Waals surface area contributed by atoms with Gasteiger partial charge in [-0.05, 0) is 85.0 Å². The van der Waals surface area contributed by atoms with Crippen molar-refractivity contribution in [3.8, 4) is 0 Å². The van der Waals surface area contributed by atoms with Gasteiger partial charge in [0.25, 0.3) is 20.0 Å². The van der Waals surface area contributed by atoms with Crippen molar-refractivity contribution in [2.45, 2.75) is 47.3 Å². The van der Waals surface area contributed by atoms with Gasteiger partial charge in [-0.15, -0.1) is 0 Å². The van der Waals surface area contributed by atoms with Crippen molar-refractivity contribution >= 4 is 31.4 Å². The predicted octanol–water partition coefficient (Wildman–Crippen LogP) is 5.04. The molecule has 2 N–H and O–H groups in total. The van der Waals surface area contributed by atoms with Crippen LogP contribution in [-0.2, 0) is 20.0 Å². The van der Waals surface area contributed by atoms with Crippen LogP contribution in [0.2, 0.25) is 0 Å². The van der Waals surface area contributed by atoms with E-state index in [4.69, 9.17) is 0 Å². The second-order valence-electron chi connectivity index (χ2n) is 8.37. The number of rotatable bonds is 6. The monoisotopic (exact) mass is 468 g/mol. The SMILES string of the molecule is O=S(=O)(Nc1ccc(NS(=O)(=O)c2ccccc2)c2c1C1CCC2CC1)c1ccccc1. The molecular formula is C24H24N2O4S2. The zero-order chi connectivity index (χ0) is 22.3. The van der Waals surface area contributed by atoms with Gasteiger partial charge < -0.3 is 0 Å². The van der Waals surface area contributed by atoms with Crippen LogP contribution in [0.3, 0.4) is 0 Å². The highest BCUT2D eigenvalue weighted by Crippen LogP contribution is 2.54. The Bertz CT molecular complexity index is 1240. The van der Waals surface area contributed by atoms with Gasteiger partial charge in [-0.1, -0.05) is 36.4 Å². The molecule has 0 heterocycles. The Morgan fingerprint density at radius 3 is 1.22 bits per heavy atom. The number of sulfonamides is 2. The van der Waals surface area contributed by atoms with E-state index in [2.05, 4.69) is 9.44 Å². The Kier molecular flexibility index (Phi) is 5.22. The van der Waals surface area contributed by atoms with E-state index in [0.29, 0.717) is 11.4 Å². The van der Waals surface area contributed by atoms with Crippen LogP contribution in [0.5, 0.6) is 0 Å². The van der Waals surface area contributed by atoms with E-state index in [1.807, 2.05) is 0 Å². The molecule has 3 aromatic carbocycles. The van der Waals surface area contributed by atoms with Gasteiger partial charge in [-0.2, -0.15) is 0 Å². The summed E-state index contributed by atoms with van der Waals surface area (Å²) in [6.07, 6.45) is 3.92. The number of nitrogens with one attached hydrogen (secondary N) is 2. The summed E-state index contributed by atoms with van der Waals surface area (Å²) in [5, 5.41) is 0. The van der Waals surface area contributed by atoms with Crippen LogP contribution >= 0.6 is 0 Å². The molecule has 0 amide bonds. The van der Waals surface area contributed by atoms with E-state index < -0.39 is 20.0 Å². The first-order chi connectivity index (χ1) is 15.4. The molecule has 0 aromatic heterocycles. The molecule has 1 saturated carbocycles. The first-order valence-electron chi connectivity index (χ1n) is 10.7. The predicted molar refractivity (Wildman–Crippen MR) is 125 cm³/mol. The Balaban J connectivity index is 1.57. The minimum Gasteiger partial charge on any atom is -0.279 e. The smallest absolute Gasteiger partial charge is 0.261 e. The zero-order valence-corrected chi connectivity index (χ0v) is 19.0. The second-order valence-corrected chi connectivity index (χ2v) is 11.7. The average molecular weight is 469 g/mol. The maximum atomic E-state index is 13.0. The van der Waals surface area contributed by atoms with Crippen molar-refractivity contribution in [2.75, 3.05) is 9.44 Å².